The maximum absolute atomic E-state index is 13.4. The third kappa shape index (κ3) is 2.57. The second-order valence-electron chi connectivity index (χ2n) is 4.06. The van der Waals surface area contributed by atoms with Crippen molar-refractivity contribution in [3.63, 3.8) is 0 Å². The van der Waals surface area contributed by atoms with Crippen molar-refractivity contribution in [1.29, 1.82) is 0 Å². The Balaban J connectivity index is 2.26. The molecule has 0 bridgehead atoms. The first kappa shape index (κ1) is 14.3. The van der Waals surface area contributed by atoms with Crippen molar-refractivity contribution in [2.75, 3.05) is 0 Å². The van der Waals surface area contributed by atoms with Crippen LogP contribution in [0.15, 0.2) is 35.4 Å². The summed E-state index contributed by atoms with van der Waals surface area (Å²) in [5.74, 6) is -2.54. The van der Waals surface area contributed by atoms with Gasteiger partial charge >= 0.3 is 6.03 Å². The maximum atomic E-state index is 13.4. The van der Waals surface area contributed by atoms with Gasteiger partial charge in [-0.2, -0.15) is 0 Å². The van der Waals surface area contributed by atoms with Crippen molar-refractivity contribution >= 4 is 16.1 Å². The molecule has 2 amide bonds. The lowest BCUT2D eigenvalue weighted by Gasteiger charge is -2.21. The number of amides is 2. The van der Waals surface area contributed by atoms with Crippen molar-refractivity contribution in [1.82, 2.24) is 15.2 Å². The van der Waals surface area contributed by atoms with Crippen LogP contribution in [-0.2, 0) is 10.0 Å². The summed E-state index contributed by atoms with van der Waals surface area (Å²) in [5.41, 5.74) is 2.50. The number of hydrazine groups is 1. The fourth-order valence-corrected chi connectivity index (χ4v) is 2.74. The average Bonchev–Trinajstić information content (AvgIpc) is 2.74. The smallest absolute Gasteiger partial charge is 0.302 e. The van der Waals surface area contributed by atoms with E-state index in [1.807, 2.05) is 0 Å². The molecule has 9 heteroatoms. The van der Waals surface area contributed by atoms with E-state index in [1.165, 1.54) is 6.20 Å². The molecule has 1 heterocycles. The minimum absolute atomic E-state index is 0.393. The molecule has 1 aromatic rings. The standard InChI is InChI=1S/C11H11F2N3O3S/c1-7-5-6-14-16(7)11(17)15-20(18,19)10-8(12)3-2-4-9(10)13/h2-7,14H,1H3,(H,15,17). The number of hydrogen-bond donors (Lipinski definition) is 2. The van der Waals surface area contributed by atoms with Crippen LogP contribution in [-0.4, -0.2) is 25.5 Å². The molecule has 0 saturated heterocycles. The van der Waals surface area contributed by atoms with E-state index in [-0.39, 0.29) is 0 Å². The van der Waals surface area contributed by atoms with Gasteiger partial charge in [-0.05, 0) is 25.1 Å². The van der Waals surface area contributed by atoms with E-state index in [2.05, 4.69) is 5.43 Å². The molecular weight excluding hydrogens is 292 g/mol. The van der Waals surface area contributed by atoms with Crippen molar-refractivity contribution in [2.24, 2.45) is 0 Å². The summed E-state index contributed by atoms with van der Waals surface area (Å²) in [6, 6.07) is 1.18. The summed E-state index contributed by atoms with van der Waals surface area (Å²) in [6.45, 7) is 1.63. The highest BCUT2D eigenvalue weighted by Crippen LogP contribution is 2.18. The molecular formula is C11H11F2N3O3S. The Morgan fingerprint density at radius 1 is 1.35 bits per heavy atom. The van der Waals surface area contributed by atoms with Gasteiger partial charge in [0.2, 0.25) is 0 Å². The summed E-state index contributed by atoms with van der Waals surface area (Å²) in [6.07, 6.45) is 3.05. The van der Waals surface area contributed by atoms with Crippen molar-refractivity contribution in [3.05, 3.63) is 42.1 Å². The lowest BCUT2D eigenvalue weighted by Crippen LogP contribution is -2.49. The number of nitrogens with zero attached hydrogens (tertiary/aromatic N) is 1. The number of carbonyl (C=O) groups is 1. The number of nitrogens with one attached hydrogen (secondary N) is 2. The zero-order chi connectivity index (χ0) is 14.9. The highest BCUT2D eigenvalue weighted by molar-refractivity contribution is 7.90. The van der Waals surface area contributed by atoms with E-state index in [1.54, 1.807) is 17.7 Å². The molecule has 0 spiro atoms. The van der Waals surface area contributed by atoms with Crippen molar-refractivity contribution in [2.45, 2.75) is 17.9 Å². The fraction of sp³-hybridized carbons (Fsp3) is 0.182. The molecule has 0 radical (unpaired) electrons. The monoisotopic (exact) mass is 303 g/mol. The van der Waals surface area contributed by atoms with Crippen LogP contribution in [0.25, 0.3) is 0 Å². The van der Waals surface area contributed by atoms with Gasteiger partial charge in [0.15, 0.2) is 4.90 Å². The number of hydrogen-bond acceptors (Lipinski definition) is 4. The molecule has 1 aromatic carbocycles. The molecule has 2 N–H and O–H groups in total. The molecule has 2 rings (SSSR count). The molecule has 0 aliphatic carbocycles. The topological polar surface area (TPSA) is 78.5 Å². The predicted octanol–water partition coefficient (Wildman–Crippen LogP) is 1.09. The Bertz CT molecular complexity index is 655. The average molecular weight is 303 g/mol. The van der Waals surface area contributed by atoms with E-state index in [0.717, 1.165) is 23.2 Å². The number of benzene rings is 1. The zero-order valence-corrected chi connectivity index (χ0v) is 11.1. The molecule has 20 heavy (non-hydrogen) atoms. The quantitative estimate of drug-likeness (QED) is 0.857. The van der Waals surface area contributed by atoms with E-state index in [4.69, 9.17) is 0 Å². The lowest BCUT2D eigenvalue weighted by atomic mass is 10.3. The van der Waals surface area contributed by atoms with E-state index >= 15 is 0 Å². The van der Waals surface area contributed by atoms with E-state index in [0.29, 0.717) is 0 Å². The number of urea groups is 1. The van der Waals surface area contributed by atoms with Crippen LogP contribution in [0.2, 0.25) is 0 Å². The van der Waals surface area contributed by atoms with Crippen LogP contribution in [0, 0.1) is 11.6 Å². The molecule has 0 aromatic heterocycles. The molecule has 6 nitrogen and oxygen atoms in total. The molecule has 1 atom stereocenters. The van der Waals surface area contributed by atoms with Gasteiger partial charge in [-0.3, -0.25) is 0 Å². The molecule has 0 fully saturated rings. The van der Waals surface area contributed by atoms with Crippen molar-refractivity contribution < 1.29 is 22.0 Å². The summed E-state index contributed by atoms with van der Waals surface area (Å²) >= 11 is 0. The number of sulfonamides is 1. The SMILES string of the molecule is CC1C=CNN1C(=O)NS(=O)(=O)c1c(F)cccc1F. The van der Waals surface area contributed by atoms with Crippen LogP contribution in [0.3, 0.4) is 0 Å². The normalized spacial score (nSPS) is 17.9. The van der Waals surface area contributed by atoms with Gasteiger partial charge in [0.25, 0.3) is 10.0 Å². The second kappa shape index (κ2) is 5.08. The van der Waals surface area contributed by atoms with Gasteiger partial charge in [-0.15, -0.1) is 0 Å². The molecule has 0 saturated carbocycles. The fourth-order valence-electron chi connectivity index (χ4n) is 1.66. The first-order chi connectivity index (χ1) is 9.33. The molecule has 108 valence electrons. The zero-order valence-electron chi connectivity index (χ0n) is 10.3. The van der Waals surface area contributed by atoms with Gasteiger partial charge in [-0.25, -0.2) is 31.7 Å². The number of halogens is 2. The third-order valence-electron chi connectivity index (χ3n) is 2.62. The van der Waals surface area contributed by atoms with Crippen LogP contribution < -0.4 is 10.1 Å². The Hall–Kier alpha value is -2.16. The first-order valence-electron chi connectivity index (χ1n) is 5.56. The van der Waals surface area contributed by atoms with Crippen LogP contribution in [0.1, 0.15) is 6.92 Å². The largest absolute Gasteiger partial charge is 0.350 e. The summed E-state index contributed by atoms with van der Waals surface area (Å²) in [5, 5.41) is 0.969. The minimum Gasteiger partial charge on any atom is -0.302 e. The molecule has 1 unspecified atom stereocenters. The van der Waals surface area contributed by atoms with Gasteiger partial charge < -0.3 is 5.43 Å². The third-order valence-corrected chi connectivity index (χ3v) is 3.99. The number of carbonyl (C=O) groups excluding carboxylic acids is 1. The summed E-state index contributed by atoms with van der Waals surface area (Å²) in [4.78, 5) is 10.6. The summed E-state index contributed by atoms with van der Waals surface area (Å²) in [7, 11) is -4.64. The summed E-state index contributed by atoms with van der Waals surface area (Å²) < 4.78 is 52.2. The van der Waals surface area contributed by atoms with Gasteiger partial charge in [0.1, 0.15) is 11.6 Å². The van der Waals surface area contributed by atoms with Crippen LogP contribution in [0.4, 0.5) is 13.6 Å². The first-order valence-corrected chi connectivity index (χ1v) is 7.04. The van der Waals surface area contributed by atoms with Gasteiger partial charge in [0, 0.05) is 6.20 Å². The minimum atomic E-state index is -4.64. The highest BCUT2D eigenvalue weighted by Gasteiger charge is 2.30. The van der Waals surface area contributed by atoms with E-state index in [9.17, 15) is 22.0 Å². The predicted molar refractivity (Wildman–Crippen MR) is 65.7 cm³/mol. The second-order valence-corrected chi connectivity index (χ2v) is 5.68. The Morgan fingerprint density at radius 2 is 1.95 bits per heavy atom. The Kier molecular flexibility index (Phi) is 3.62. The Morgan fingerprint density at radius 3 is 2.45 bits per heavy atom. The maximum Gasteiger partial charge on any atom is 0.350 e. The number of rotatable bonds is 2. The van der Waals surface area contributed by atoms with Gasteiger partial charge in [0.05, 0.1) is 6.04 Å². The molecule has 1 aliphatic rings. The van der Waals surface area contributed by atoms with Gasteiger partial charge in [-0.1, -0.05) is 6.07 Å². The Labute approximate surface area is 114 Å². The molecule has 1 aliphatic heterocycles. The lowest BCUT2D eigenvalue weighted by molar-refractivity contribution is 0.184. The highest BCUT2D eigenvalue weighted by atomic mass is 32.2. The van der Waals surface area contributed by atoms with Crippen LogP contribution in [0.5, 0.6) is 0 Å². The van der Waals surface area contributed by atoms with Crippen molar-refractivity contribution in [3.8, 4) is 0 Å². The van der Waals surface area contributed by atoms with E-state index < -0.39 is 38.6 Å². The van der Waals surface area contributed by atoms with Crippen LogP contribution >= 0.6 is 0 Å².